The Balaban J connectivity index is 1.64. The molecule has 2 aromatic rings. The summed E-state index contributed by atoms with van der Waals surface area (Å²) in [6, 6.07) is 12.0. The molecule has 0 spiro atoms. The van der Waals surface area contributed by atoms with Gasteiger partial charge >= 0.3 is 0 Å². The van der Waals surface area contributed by atoms with E-state index in [0.29, 0.717) is 49.3 Å². The molecule has 9 nitrogen and oxygen atoms in total. The molecule has 10 heteroatoms. The number of ether oxygens (including phenoxy) is 3. The molecule has 2 aromatic carbocycles. The summed E-state index contributed by atoms with van der Waals surface area (Å²) >= 11 is 0. The maximum Gasteiger partial charge on any atom is 0.239 e. The molecule has 0 radical (unpaired) electrons. The summed E-state index contributed by atoms with van der Waals surface area (Å²) in [4.78, 5) is 23.1. The van der Waals surface area contributed by atoms with E-state index < -0.39 is 23.3 Å². The number of unbranched alkanes of at least 4 members (excludes halogenated alkanes) is 10. The van der Waals surface area contributed by atoms with Gasteiger partial charge in [0.2, 0.25) is 11.7 Å². The van der Waals surface area contributed by atoms with Crippen LogP contribution in [-0.2, 0) is 21.0 Å². The summed E-state index contributed by atoms with van der Waals surface area (Å²) in [6.45, 7) is 15.4. The minimum Gasteiger partial charge on any atom is -0.489 e. The lowest BCUT2D eigenvalue weighted by Gasteiger charge is -2.60. The summed E-state index contributed by atoms with van der Waals surface area (Å²) < 4.78 is 35.6. The third-order valence-corrected chi connectivity index (χ3v) is 13.1. The summed E-state index contributed by atoms with van der Waals surface area (Å²) in [7, 11) is 0. The third kappa shape index (κ3) is 13.4. The second kappa shape index (κ2) is 25.1. The highest BCUT2D eigenvalue weighted by Gasteiger charge is 2.65. The normalized spacial score (nSPS) is 23.3. The van der Waals surface area contributed by atoms with Gasteiger partial charge in [-0.1, -0.05) is 114 Å². The van der Waals surface area contributed by atoms with Gasteiger partial charge in [-0.2, -0.15) is 0 Å². The number of carbonyl (C=O) groups excluding carboxylic acids is 1. The van der Waals surface area contributed by atoms with Crippen LogP contribution in [0.5, 0.6) is 11.5 Å². The summed E-state index contributed by atoms with van der Waals surface area (Å²) in [5.41, 5.74) is 2.67. The third-order valence-electron chi connectivity index (χ3n) is 13.1. The zero-order chi connectivity index (χ0) is 45.2. The Morgan fingerprint density at radius 1 is 0.937 bits per heavy atom. The predicted octanol–water partition coefficient (Wildman–Crippen LogP) is 12.0. The molecular formula is C53H79FN2O7. The fourth-order valence-corrected chi connectivity index (χ4v) is 10.1. The molecule has 63 heavy (non-hydrogen) atoms. The van der Waals surface area contributed by atoms with E-state index in [1.54, 1.807) is 24.3 Å². The number of rotatable bonds is 28. The number of aliphatic hydroxyl groups is 2. The average molecular weight is 875 g/mol. The van der Waals surface area contributed by atoms with E-state index in [1.807, 2.05) is 37.8 Å². The molecule has 0 bridgehead atoms. The molecule has 1 heterocycles. The smallest absolute Gasteiger partial charge is 0.239 e. The van der Waals surface area contributed by atoms with Gasteiger partial charge in [0.1, 0.15) is 35.6 Å². The molecule has 2 N–H and O–H groups in total. The fourth-order valence-electron chi connectivity index (χ4n) is 10.1. The van der Waals surface area contributed by atoms with Gasteiger partial charge in [0, 0.05) is 49.6 Å². The molecule has 6 atom stereocenters. The monoisotopic (exact) mass is 875 g/mol. The molecular weight excluding hydrogens is 796 g/mol. The lowest BCUT2D eigenvalue weighted by molar-refractivity contribution is -0.257. The van der Waals surface area contributed by atoms with Crippen LogP contribution in [0.15, 0.2) is 71.9 Å². The Bertz CT molecular complexity index is 1790. The maximum absolute atomic E-state index is 14.8. The van der Waals surface area contributed by atoms with E-state index in [1.165, 1.54) is 44.6 Å². The van der Waals surface area contributed by atoms with Gasteiger partial charge in [0.15, 0.2) is 0 Å². The van der Waals surface area contributed by atoms with E-state index >= 15 is 0 Å². The van der Waals surface area contributed by atoms with E-state index in [4.69, 9.17) is 24.2 Å². The lowest BCUT2D eigenvalue weighted by Crippen LogP contribution is -2.70. The topological polar surface area (TPSA) is 110 Å². The summed E-state index contributed by atoms with van der Waals surface area (Å²) in [5.74, 6) is -0.648. The number of oxime groups is 1. The number of halogens is 1. The molecule has 1 saturated carbocycles. The first-order valence-corrected chi connectivity index (χ1v) is 24.4. The van der Waals surface area contributed by atoms with Crippen LogP contribution in [0.2, 0.25) is 0 Å². The van der Waals surface area contributed by atoms with Gasteiger partial charge in [-0.3, -0.25) is 4.79 Å². The van der Waals surface area contributed by atoms with E-state index in [-0.39, 0.29) is 55.9 Å². The van der Waals surface area contributed by atoms with Gasteiger partial charge in [0.25, 0.3) is 0 Å². The first-order valence-electron chi connectivity index (χ1n) is 24.4. The first-order chi connectivity index (χ1) is 30.5. The van der Waals surface area contributed by atoms with Crippen molar-refractivity contribution in [3.05, 3.63) is 83.7 Å². The van der Waals surface area contributed by atoms with Crippen LogP contribution in [0.4, 0.5) is 4.39 Å². The Morgan fingerprint density at radius 3 is 2.30 bits per heavy atom. The molecule has 0 saturated heterocycles. The molecule has 2 aliphatic carbocycles. The number of carbonyl (C=O) groups is 1. The van der Waals surface area contributed by atoms with Crippen molar-refractivity contribution in [1.29, 1.82) is 0 Å². The Kier molecular flexibility index (Phi) is 20.0. The van der Waals surface area contributed by atoms with Crippen molar-refractivity contribution in [2.45, 2.75) is 180 Å². The van der Waals surface area contributed by atoms with Crippen LogP contribution in [0, 0.1) is 23.6 Å². The summed E-state index contributed by atoms with van der Waals surface area (Å²) in [6.07, 6.45) is 21.0. The van der Waals surface area contributed by atoms with Gasteiger partial charge in [-0.05, 0) is 101 Å². The van der Waals surface area contributed by atoms with Crippen molar-refractivity contribution >= 4 is 11.6 Å². The summed E-state index contributed by atoms with van der Waals surface area (Å²) in [5, 5.41) is 24.9. The SMILES string of the molecule is C=CCO[C@@]12Oc3ccc(OCc4ccccc4F)cc3[C@H]3[C@H](CCCCO)[C@@H](CCCCO)C=C(C(=NOC(C)(C)C)C[C@@H]1N(CCC)C(=O)CCCCCCCCCCC)[C@H]32. The number of hydrogen-bond acceptors (Lipinski definition) is 8. The van der Waals surface area contributed by atoms with E-state index in [2.05, 4.69) is 32.6 Å². The second-order valence-electron chi connectivity index (χ2n) is 19.0. The van der Waals surface area contributed by atoms with Crippen molar-refractivity contribution < 1.29 is 38.4 Å². The van der Waals surface area contributed by atoms with Crippen LogP contribution >= 0.6 is 0 Å². The van der Waals surface area contributed by atoms with Crippen LogP contribution in [0.3, 0.4) is 0 Å². The fraction of sp³-hybridized carbons (Fsp3) is 0.660. The van der Waals surface area contributed by atoms with Crippen LogP contribution in [-0.4, -0.2) is 70.5 Å². The molecule has 350 valence electrons. The minimum absolute atomic E-state index is 0.0672. The average Bonchev–Trinajstić information content (AvgIpc) is 3.27. The molecule has 0 unspecified atom stereocenters. The quantitative estimate of drug-likeness (QED) is 0.0498. The largest absolute Gasteiger partial charge is 0.489 e. The Morgan fingerprint density at radius 2 is 1.63 bits per heavy atom. The lowest BCUT2D eigenvalue weighted by atomic mass is 9.55. The van der Waals surface area contributed by atoms with Crippen LogP contribution < -0.4 is 9.47 Å². The predicted molar refractivity (Wildman–Crippen MR) is 250 cm³/mol. The zero-order valence-electron chi connectivity index (χ0n) is 39.3. The van der Waals surface area contributed by atoms with Crippen molar-refractivity contribution in [2.75, 3.05) is 26.4 Å². The van der Waals surface area contributed by atoms with Gasteiger partial charge in [-0.25, -0.2) is 4.39 Å². The highest BCUT2D eigenvalue weighted by molar-refractivity contribution is 6.03. The van der Waals surface area contributed by atoms with E-state index in [0.717, 1.165) is 68.2 Å². The van der Waals surface area contributed by atoms with E-state index in [9.17, 15) is 19.4 Å². The van der Waals surface area contributed by atoms with Crippen LogP contribution in [0.1, 0.15) is 167 Å². The van der Waals surface area contributed by atoms with Crippen molar-refractivity contribution in [3.8, 4) is 11.5 Å². The molecule has 1 fully saturated rings. The number of amides is 1. The van der Waals surface area contributed by atoms with Gasteiger partial charge in [-0.15, -0.1) is 6.58 Å². The van der Waals surface area contributed by atoms with Crippen molar-refractivity contribution in [1.82, 2.24) is 4.90 Å². The molecule has 0 aromatic heterocycles. The second-order valence-corrected chi connectivity index (χ2v) is 19.0. The van der Waals surface area contributed by atoms with Crippen molar-refractivity contribution in [2.24, 2.45) is 22.9 Å². The maximum atomic E-state index is 14.8. The number of hydrogen-bond donors (Lipinski definition) is 2. The molecule has 1 aliphatic heterocycles. The number of nitrogens with zero attached hydrogens (tertiary/aromatic N) is 2. The van der Waals surface area contributed by atoms with Crippen molar-refractivity contribution in [3.63, 3.8) is 0 Å². The highest BCUT2D eigenvalue weighted by atomic mass is 19.1. The number of fused-ring (bicyclic) bond motifs is 2. The minimum atomic E-state index is -1.30. The molecule has 1 amide bonds. The molecule has 3 aliphatic rings. The number of benzene rings is 2. The Labute approximate surface area is 378 Å². The first kappa shape index (κ1) is 50.3. The zero-order valence-corrected chi connectivity index (χ0v) is 39.3. The molecule has 5 rings (SSSR count). The number of aliphatic hydroxyl groups excluding tert-OH is 2. The standard InChI is InChI=1S/C53H79FN2O7/c1-7-10-11-12-13-14-15-16-17-28-49(59)56(31-8-2)48-37-46(55-63-52(4,5)6)43-35-39(24-20-22-32-57)42(26-21-23-33-58)50-44-36-41(60-38-40-25-18-19-27-45(40)54)29-30-47(44)62-53(48,51(43)50)61-34-9-3/h9,18-19,25,27,29-30,35-36,39,42,48,50-51,57-58H,3,7-8,10-17,20-24,26,28,31-34,37-38H2,1-2,4-6H3/t39-,42+,48-,50+,51+,53+/m0/s1. The van der Waals surface area contributed by atoms with Gasteiger partial charge < -0.3 is 34.2 Å². The number of allylic oxidation sites excluding steroid dienone is 1. The van der Waals surface area contributed by atoms with Crippen LogP contribution in [0.25, 0.3) is 0 Å². The Hall–Kier alpha value is -3.73. The van der Waals surface area contributed by atoms with Gasteiger partial charge in [0.05, 0.1) is 18.2 Å². The highest BCUT2D eigenvalue weighted by Crippen LogP contribution is 2.62.